The van der Waals surface area contributed by atoms with Crippen molar-refractivity contribution in [3.63, 3.8) is 0 Å². The zero-order chi connectivity index (χ0) is 18.4. The fourth-order valence-corrected chi connectivity index (χ4v) is 2.87. The zero-order valence-electron chi connectivity index (χ0n) is 15.9. The summed E-state index contributed by atoms with van der Waals surface area (Å²) in [7, 11) is 0. The van der Waals surface area contributed by atoms with Gasteiger partial charge in [-0.1, -0.05) is 0 Å². The van der Waals surface area contributed by atoms with Gasteiger partial charge in [-0.05, 0) is 65.6 Å². The summed E-state index contributed by atoms with van der Waals surface area (Å²) < 4.78 is 5.42. The number of pyridine rings is 1. The van der Waals surface area contributed by atoms with Crippen LogP contribution >= 0.6 is 0 Å². The smallest absolute Gasteiger partial charge is 0.410 e. The van der Waals surface area contributed by atoms with Crippen molar-refractivity contribution < 1.29 is 14.6 Å². The molecule has 1 amide bonds. The second-order valence-corrected chi connectivity index (χ2v) is 7.67. The molecule has 1 saturated heterocycles. The van der Waals surface area contributed by atoms with Crippen LogP contribution in [0.25, 0.3) is 0 Å². The molecule has 0 saturated carbocycles. The van der Waals surface area contributed by atoms with Crippen LogP contribution in [0.15, 0.2) is 12.1 Å². The molecule has 0 spiro atoms. The Hall–Kier alpha value is -1.82. The van der Waals surface area contributed by atoms with Crippen LogP contribution in [0.2, 0.25) is 0 Å². The Morgan fingerprint density at radius 2 is 1.88 bits per heavy atom. The molecule has 6 nitrogen and oxygen atoms in total. The van der Waals surface area contributed by atoms with E-state index in [1.54, 1.807) is 11.0 Å². The van der Waals surface area contributed by atoms with Crippen molar-refractivity contribution in [3.8, 4) is 5.75 Å². The van der Waals surface area contributed by atoms with E-state index in [9.17, 15) is 9.90 Å². The number of hydrogen-bond donors (Lipinski definition) is 1. The van der Waals surface area contributed by atoms with Crippen LogP contribution in [0, 0.1) is 6.92 Å². The van der Waals surface area contributed by atoms with E-state index >= 15 is 0 Å². The van der Waals surface area contributed by atoms with Crippen LogP contribution in [0.1, 0.15) is 45.0 Å². The highest BCUT2D eigenvalue weighted by Crippen LogP contribution is 2.15. The second kappa shape index (κ2) is 8.52. The van der Waals surface area contributed by atoms with Crippen molar-refractivity contribution in [1.82, 2.24) is 14.8 Å². The van der Waals surface area contributed by atoms with Gasteiger partial charge in [0.2, 0.25) is 0 Å². The molecule has 0 atom stereocenters. The molecule has 140 valence electrons. The number of unbranched alkanes of at least 4 members (excludes halogenated alkanes) is 1. The number of piperazine rings is 1. The summed E-state index contributed by atoms with van der Waals surface area (Å²) in [4.78, 5) is 20.6. The van der Waals surface area contributed by atoms with Gasteiger partial charge in [-0.15, -0.1) is 0 Å². The third kappa shape index (κ3) is 6.53. The van der Waals surface area contributed by atoms with E-state index < -0.39 is 5.60 Å². The van der Waals surface area contributed by atoms with Crippen LogP contribution in [0.3, 0.4) is 0 Å². The minimum Gasteiger partial charge on any atom is -0.506 e. The fraction of sp³-hybridized carbons (Fsp3) is 0.684. The number of aromatic hydroxyl groups is 1. The minimum atomic E-state index is -0.436. The van der Waals surface area contributed by atoms with Crippen LogP contribution in [0.5, 0.6) is 5.75 Å². The van der Waals surface area contributed by atoms with Gasteiger partial charge in [-0.3, -0.25) is 9.88 Å². The number of carbonyl (C=O) groups excluding carboxylic acids is 1. The molecule has 1 aliphatic rings. The largest absolute Gasteiger partial charge is 0.506 e. The van der Waals surface area contributed by atoms with E-state index in [4.69, 9.17) is 4.74 Å². The quantitative estimate of drug-likeness (QED) is 0.828. The molecule has 1 aromatic rings. The van der Waals surface area contributed by atoms with E-state index in [0.29, 0.717) is 5.69 Å². The lowest BCUT2D eigenvalue weighted by atomic mass is 10.1. The van der Waals surface area contributed by atoms with Gasteiger partial charge < -0.3 is 14.7 Å². The average molecular weight is 349 g/mol. The zero-order valence-corrected chi connectivity index (χ0v) is 15.9. The first-order valence-electron chi connectivity index (χ1n) is 9.10. The molecule has 6 heteroatoms. The number of carbonyl (C=O) groups is 1. The number of ether oxygens (including phenoxy) is 1. The summed E-state index contributed by atoms with van der Waals surface area (Å²) in [5, 5.41) is 9.50. The Balaban J connectivity index is 1.64. The number of nitrogens with zero attached hydrogens (tertiary/aromatic N) is 3. The van der Waals surface area contributed by atoms with E-state index in [1.807, 2.05) is 33.8 Å². The van der Waals surface area contributed by atoms with Gasteiger partial charge in [-0.25, -0.2) is 4.79 Å². The van der Waals surface area contributed by atoms with Gasteiger partial charge in [0.1, 0.15) is 11.4 Å². The second-order valence-electron chi connectivity index (χ2n) is 7.67. The highest BCUT2D eigenvalue weighted by atomic mass is 16.6. The molecule has 0 aliphatic carbocycles. The number of amides is 1. The average Bonchev–Trinajstić information content (AvgIpc) is 2.54. The Morgan fingerprint density at radius 1 is 1.20 bits per heavy atom. The van der Waals surface area contributed by atoms with E-state index in [2.05, 4.69) is 9.88 Å². The molecule has 0 radical (unpaired) electrons. The summed E-state index contributed by atoms with van der Waals surface area (Å²) in [5.41, 5.74) is 1.29. The third-order valence-electron chi connectivity index (χ3n) is 4.30. The van der Waals surface area contributed by atoms with Crippen molar-refractivity contribution in [2.24, 2.45) is 0 Å². The number of rotatable bonds is 5. The normalized spacial score (nSPS) is 16.1. The van der Waals surface area contributed by atoms with E-state index in [-0.39, 0.29) is 11.8 Å². The summed E-state index contributed by atoms with van der Waals surface area (Å²) >= 11 is 0. The Kier molecular flexibility index (Phi) is 6.64. The summed E-state index contributed by atoms with van der Waals surface area (Å²) in [6, 6.07) is 3.61. The third-order valence-corrected chi connectivity index (χ3v) is 4.30. The number of hydrogen-bond acceptors (Lipinski definition) is 5. The lowest BCUT2D eigenvalue weighted by Gasteiger charge is -2.35. The molecule has 1 fully saturated rings. The molecule has 1 N–H and O–H groups in total. The maximum atomic E-state index is 12.0. The molecule has 1 aromatic heterocycles. The summed E-state index contributed by atoms with van der Waals surface area (Å²) in [6.07, 6.45) is 2.90. The lowest BCUT2D eigenvalue weighted by Crippen LogP contribution is -2.50. The lowest BCUT2D eigenvalue weighted by molar-refractivity contribution is 0.0144. The van der Waals surface area contributed by atoms with Crippen LogP contribution in [-0.4, -0.2) is 64.3 Å². The SMILES string of the molecule is Cc1nc(CCCCN2CCN(C(=O)OC(C)(C)C)CC2)ccc1O. The Labute approximate surface area is 150 Å². The van der Waals surface area contributed by atoms with Gasteiger partial charge in [0.25, 0.3) is 0 Å². The first-order valence-corrected chi connectivity index (χ1v) is 9.10. The predicted molar refractivity (Wildman–Crippen MR) is 97.8 cm³/mol. The highest BCUT2D eigenvalue weighted by molar-refractivity contribution is 5.68. The maximum absolute atomic E-state index is 12.0. The first-order chi connectivity index (χ1) is 11.7. The summed E-state index contributed by atoms with van der Waals surface area (Å²) in [6.45, 7) is 11.8. The molecule has 0 unspecified atom stereocenters. The van der Waals surface area contributed by atoms with Gasteiger partial charge in [0.05, 0.1) is 5.69 Å². The maximum Gasteiger partial charge on any atom is 0.410 e. The van der Waals surface area contributed by atoms with Gasteiger partial charge in [0.15, 0.2) is 0 Å². The highest BCUT2D eigenvalue weighted by Gasteiger charge is 2.25. The number of aromatic nitrogens is 1. The molecule has 2 heterocycles. The van der Waals surface area contributed by atoms with Crippen molar-refractivity contribution in [1.29, 1.82) is 0 Å². The van der Waals surface area contributed by atoms with Crippen LogP contribution < -0.4 is 0 Å². The Bertz CT molecular complexity index is 576. The first kappa shape index (κ1) is 19.5. The molecule has 0 aromatic carbocycles. The van der Waals surface area contributed by atoms with Gasteiger partial charge >= 0.3 is 6.09 Å². The van der Waals surface area contributed by atoms with Gasteiger partial charge in [0, 0.05) is 31.9 Å². The topological polar surface area (TPSA) is 65.9 Å². The van der Waals surface area contributed by atoms with Crippen LogP contribution in [-0.2, 0) is 11.2 Å². The van der Waals surface area contributed by atoms with Crippen molar-refractivity contribution in [2.45, 2.75) is 52.6 Å². The predicted octanol–water partition coefficient (Wildman–Crippen LogP) is 2.97. The van der Waals surface area contributed by atoms with Gasteiger partial charge in [-0.2, -0.15) is 0 Å². The van der Waals surface area contributed by atoms with Crippen molar-refractivity contribution in [2.75, 3.05) is 32.7 Å². The molecule has 1 aliphatic heterocycles. The fourth-order valence-electron chi connectivity index (χ4n) is 2.87. The minimum absolute atomic E-state index is 0.207. The molecular formula is C19H31N3O3. The molecule has 25 heavy (non-hydrogen) atoms. The van der Waals surface area contributed by atoms with Crippen molar-refractivity contribution >= 4 is 6.09 Å². The molecule has 2 rings (SSSR count). The summed E-state index contributed by atoms with van der Waals surface area (Å²) in [5.74, 6) is 0.256. The molecular weight excluding hydrogens is 318 g/mol. The van der Waals surface area contributed by atoms with E-state index in [1.165, 1.54) is 0 Å². The molecule has 0 bridgehead atoms. The Morgan fingerprint density at radius 3 is 2.48 bits per heavy atom. The van der Waals surface area contributed by atoms with E-state index in [0.717, 1.165) is 57.7 Å². The number of aryl methyl sites for hydroxylation is 2. The monoisotopic (exact) mass is 349 g/mol. The van der Waals surface area contributed by atoms with Crippen molar-refractivity contribution in [3.05, 3.63) is 23.5 Å². The van der Waals surface area contributed by atoms with Crippen LogP contribution in [0.4, 0.5) is 4.79 Å². The standard InChI is InChI=1S/C19H31N3O3/c1-15-17(23)9-8-16(20-15)7-5-6-10-21-11-13-22(14-12-21)18(24)25-19(2,3)4/h8-9,23H,5-7,10-14H2,1-4H3.